The zero-order chi connectivity index (χ0) is 20.5. The molecule has 164 valence electrons. The van der Waals surface area contributed by atoms with Gasteiger partial charge >= 0.3 is 0 Å². The normalized spacial score (nSPS) is 15.0. The third-order valence-electron chi connectivity index (χ3n) is 5.53. The number of rotatable bonds is 9. The molecule has 1 aliphatic rings. The maximum absolute atomic E-state index is 5.47. The fourth-order valence-corrected chi connectivity index (χ4v) is 3.80. The van der Waals surface area contributed by atoms with Crippen molar-refractivity contribution in [3.05, 3.63) is 59.7 Å². The maximum Gasteiger partial charge on any atom is 0.203 e. The molecule has 0 saturated carbocycles. The number of ether oxygens (including phenoxy) is 3. The smallest absolute Gasteiger partial charge is 0.203 e. The maximum atomic E-state index is 5.47. The zero-order valence-corrected chi connectivity index (χ0v) is 19.0. The Morgan fingerprint density at radius 3 is 2.13 bits per heavy atom. The molecule has 0 bridgehead atoms. The van der Waals surface area contributed by atoms with E-state index in [4.69, 9.17) is 14.2 Å². The molecule has 0 unspecified atom stereocenters. The summed E-state index contributed by atoms with van der Waals surface area (Å²) < 4.78 is 16.4. The predicted molar refractivity (Wildman–Crippen MR) is 117 cm³/mol. The van der Waals surface area contributed by atoms with E-state index in [1.807, 2.05) is 0 Å². The van der Waals surface area contributed by atoms with Gasteiger partial charge in [-0.2, -0.15) is 0 Å². The first-order chi connectivity index (χ1) is 14.2. The van der Waals surface area contributed by atoms with Crippen LogP contribution in [0.25, 0.3) is 6.08 Å². The van der Waals surface area contributed by atoms with Crippen LogP contribution in [0.3, 0.4) is 0 Å². The number of halogens is 1. The monoisotopic (exact) mass is 432 g/mol. The Balaban J connectivity index is 0.00000320. The Morgan fingerprint density at radius 1 is 0.933 bits per heavy atom. The lowest BCUT2D eigenvalue weighted by Gasteiger charge is -2.31. The van der Waals surface area contributed by atoms with Crippen LogP contribution in [0.15, 0.2) is 48.5 Å². The second-order valence-corrected chi connectivity index (χ2v) is 7.40. The van der Waals surface area contributed by atoms with Crippen LogP contribution in [0.1, 0.15) is 11.1 Å². The number of nitrogens with one attached hydrogen (secondary N) is 1. The van der Waals surface area contributed by atoms with Gasteiger partial charge in [-0.1, -0.05) is 42.5 Å². The Kier molecular flexibility index (Phi) is 10.0. The first-order valence-corrected chi connectivity index (χ1v) is 10.3. The van der Waals surface area contributed by atoms with Gasteiger partial charge in [-0.05, 0) is 23.3 Å². The minimum absolute atomic E-state index is 0. The van der Waals surface area contributed by atoms with Crippen LogP contribution in [0.2, 0.25) is 0 Å². The summed E-state index contributed by atoms with van der Waals surface area (Å²) >= 11 is 0. The van der Waals surface area contributed by atoms with E-state index in [1.54, 1.807) is 26.2 Å². The Bertz CT molecular complexity index is 765. The summed E-state index contributed by atoms with van der Waals surface area (Å²) in [6, 6.07) is 14.6. The lowest BCUT2D eigenvalue weighted by molar-refractivity contribution is -0.904. The summed E-state index contributed by atoms with van der Waals surface area (Å²) in [5.41, 5.74) is 2.49. The van der Waals surface area contributed by atoms with Crippen molar-refractivity contribution in [2.24, 2.45) is 0 Å². The van der Waals surface area contributed by atoms with Gasteiger partial charge in [0.1, 0.15) is 0 Å². The molecule has 1 fully saturated rings. The number of nitrogens with zero attached hydrogens (tertiary/aromatic N) is 1. The van der Waals surface area contributed by atoms with Crippen molar-refractivity contribution in [3.8, 4) is 17.2 Å². The van der Waals surface area contributed by atoms with E-state index in [0.717, 1.165) is 44.1 Å². The molecule has 0 amide bonds. The molecule has 5 nitrogen and oxygen atoms in total. The molecule has 3 rings (SSSR count). The number of quaternary nitrogens is 1. The summed E-state index contributed by atoms with van der Waals surface area (Å²) in [5.74, 6) is 2.11. The quantitative estimate of drug-likeness (QED) is 0.561. The number of piperazine rings is 1. The fourth-order valence-electron chi connectivity index (χ4n) is 3.80. The molecule has 1 N–H and O–H groups in total. The first-order valence-electron chi connectivity index (χ1n) is 10.3. The summed E-state index contributed by atoms with van der Waals surface area (Å²) in [7, 11) is 4.97. The largest absolute Gasteiger partial charge is 1.00 e. The van der Waals surface area contributed by atoms with E-state index in [-0.39, 0.29) is 12.4 Å². The van der Waals surface area contributed by atoms with Gasteiger partial charge in [-0.3, -0.25) is 4.90 Å². The van der Waals surface area contributed by atoms with Crippen LogP contribution in [0.4, 0.5) is 0 Å². The average Bonchev–Trinajstić information content (AvgIpc) is 2.78. The summed E-state index contributed by atoms with van der Waals surface area (Å²) in [6.45, 7) is 6.79. The van der Waals surface area contributed by atoms with Gasteiger partial charge in [0.25, 0.3) is 0 Å². The van der Waals surface area contributed by atoms with E-state index in [2.05, 4.69) is 59.5 Å². The minimum atomic E-state index is 0. The number of hydrogen-bond donors (Lipinski definition) is 1. The molecule has 0 radical (unpaired) electrons. The molecule has 1 aliphatic heterocycles. The molecule has 0 atom stereocenters. The Morgan fingerprint density at radius 2 is 1.57 bits per heavy atom. The molecule has 30 heavy (non-hydrogen) atoms. The van der Waals surface area contributed by atoms with Crippen molar-refractivity contribution in [1.82, 2.24) is 4.90 Å². The summed E-state index contributed by atoms with van der Waals surface area (Å²) in [5, 5.41) is 0. The van der Waals surface area contributed by atoms with Gasteiger partial charge < -0.3 is 31.5 Å². The second-order valence-electron chi connectivity index (χ2n) is 7.40. The number of methoxy groups -OCH3 is 3. The van der Waals surface area contributed by atoms with E-state index < -0.39 is 0 Å². The van der Waals surface area contributed by atoms with Gasteiger partial charge in [0.15, 0.2) is 11.5 Å². The van der Waals surface area contributed by atoms with Gasteiger partial charge in [-0.15, -0.1) is 0 Å². The highest BCUT2D eigenvalue weighted by Gasteiger charge is 2.19. The van der Waals surface area contributed by atoms with Crippen LogP contribution in [-0.4, -0.2) is 65.5 Å². The minimum Gasteiger partial charge on any atom is -1.00 e. The SMILES string of the molecule is COc1cc(CC[NH+]2CCN(CC=Cc3ccccc3)CC2)cc(OC)c1OC.[Cl-]. The lowest BCUT2D eigenvalue weighted by atomic mass is 10.1. The van der Waals surface area contributed by atoms with Crippen LogP contribution in [0, 0.1) is 0 Å². The lowest BCUT2D eigenvalue weighted by Crippen LogP contribution is -3.15. The highest BCUT2D eigenvalue weighted by atomic mass is 35.5. The van der Waals surface area contributed by atoms with Gasteiger partial charge in [-0.25, -0.2) is 0 Å². The zero-order valence-electron chi connectivity index (χ0n) is 18.2. The topological polar surface area (TPSA) is 35.4 Å². The third kappa shape index (κ3) is 6.66. The van der Waals surface area contributed by atoms with E-state index >= 15 is 0 Å². The van der Waals surface area contributed by atoms with Crippen molar-refractivity contribution >= 4 is 6.08 Å². The molecular weight excluding hydrogens is 400 g/mol. The van der Waals surface area contributed by atoms with Crippen molar-refractivity contribution in [3.63, 3.8) is 0 Å². The molecule has 2 aromatic rings. The van der Waals surface area contributed by atoms with Gasteiger partial charge in [0.2, 0.25) is 5.75 Å². The summed E-state index contributed by atoms with van der Waals surface area (Å²) in [4.78, 5) is 4.18. The molecular formula is C24H33ClN2O3. The Hall–Kier alpha value is -2.21. The van der Waals surface area contributed by atoms with Crippen molar-refractivity contribution in [2.75, 3.05) is 60.6 Å². The van der Waals surface area contributed by atoms with Crippen molar-refractivity contribution < 1.29 is 31.5 Å². The fraction of sp³-hybridized carbons (Fsp3) is 0.417. The molecule has 2 aromatic carbocycles. The van der Waals surface area contributed by atoms with E-state index in [1.165, 1.54) is 24.2 Å². The van der Waals surface area contributed by atoms with Crippen molar-refractivity contribution in [2.45, 2.75) is 6.42 Å². The van der Waals surface area contributed by atoms with Crippen LogP contribution < -0.4 is 31.5 Å². The van der Waals surface area contributed by atoms with Gasteiger partial charge in [0, 0.05) is 26.1 Å². The van der Waals surface area contributed by atoms with Crippen LogP contribution >= 0.6 is 0 Å². The molecule has 0 aliphatic carbocycles. The van der Waals surface area contributed by atoms with Gasteiger partial charge in [0.05, 0.1) is 41.0 Å². The third-order valence-corrected chi connectivity index (χ3v) is 5.53. The molecule has 0 aromatic heterocycles. The predicted octanol–water partition coefficient (Wildman–Crippen LogP) is -0.827. The standard InChI is InChI=1S/C24H32N2O3.ClH/c1-27-22-18-21(19-23(28-2)24(22)29-3)11-13-26-16-14-25(15-17-26)12-7-10-20-8-5-4-6-9-20;/h4-10,18-19H,11-17H2,1-3H3;1H. The number of benzene rings is 2. The highest BCUT2D eigenvalue weighted by Crippen LogP contribution is 2.38. The highest BCUT2D eigenvalue weighted by molar-refractivity contribution is 5.53. The van der Waals surface area contributed by atoms with Crippen LogP contribution in [-0.2, 0) is 6.42 Å². The molecule has 0 spiro atoms. The molecule has 1 heterocycles. The number of hydrogen-bond acceptors (Lipinski definition) is 4. The van der Waals surface area contributed by atoms with Crippen molar-refractivity contribution in [1.29, 1.82) is 0 Å². The molecule has 6 heteroatoms. The Labute approximate surface area is 186 Å². The average molecular weight is 433 g/mol. The first kappa shape index (κ1) is 24.1. The van der Waals surface area contributed by atoms with E-state index in [9.17, 15) is 0 Å². The summed E-state index contributed by atoms with van der Waals surface area (Å²) in [6.07, 6.45) is 5.49. The molecule has 1 saturated heterocycles. The second kappa shape index (κ2) is 12.5. The van der Waals surface area contributed by atoms with Crippen LogP contribution in [0.5, 0.6) is 17.2 Å². The van der Waals surface area contributed by atoms with E-state index in [0.29, 0.717) is 5.75 Å².